The molecule has 3 heterocycles. The second-order valence-electron chi connectivity index (χ2n) is 7.14. The van der Waals surface area contributed by atoms with Gasteiger partial charge in [-0.2, -0.15) is 10.4 Å². The van der Waals surface area contributed by atoms with Gasteiger partial charge in [-0.15, -0.1) is 0 Å². The van der Waals surface area contributed by atoms with E-state index >= 15 is 0 Å². The molecule has 1 aliphatic rings. The van der Waals surface area contributed by atoms with E-state index in [9.17, 15) is 19.6 Å². The van der Waals surface area contributed by atoms with Gasteiger partial charge in [0.1, 0.15) is 11.9 Å². The Balaban J connectivity index is 1.95. The molecule has 2 atom stereocenters. The summed E-state index contributed by atoms with van der Waals surface area (Å²) in [6.07, 6.45) is 2.08. The number of carbonyl (C=O) groups excluding carboxylic acids is 1. The minimum Gasteiger partial charge on any atom is -0.370 e. The number of aryl methyl sites for hydroxylation is 1. The Hall–Kier alpha value is -3.35. The first-order chi connectivity index (χ1) is 13.2. The van der Waals surface area contributed by atoms with Gasteiger partial charge in [0.15, 0.2) is 5.56 Å². The Morgan fingerprint density at radius 3 is 2.46 bits per heavy atom. The smallest absolute Gasteiger partial charge is 0.332 e. The SMILES string of the molecule is Cc1c([C@H]2[C@H](CNc3c(C#N)c(=O)n(C)c(=O)n3C)CC(=O)N2C)cnn1C. The topological polar surface area (TPSA) is 118 Å². The molecule has 0 saturated carbocycles. The molecule has 28 heavy (non-hydrogen) atoms. The first kappa shape index (κ1) is 19.4. The predicted molar refractivity (Wildman–Crippen MR) is 102 cm³/mol. The standard InChI is InChI=1S/C18H23N7O3/c1-10-13(9-21-25(10)5)15-11(6-14(26)22(15)2)8-20-16-12(7-19)17(27)24(4)18(28)23(16)3/h9,11,15,20H,6,8H2,1-5H3/t11-,15+/m0/s1. The summed E-state index contributed by atoms with van der Waals surface area (Å²) in [5.41, 5.74) is 0.630. The van der Waals surface area contributed by atoms with Crippen LogP contribution in [0, 0.1) is 24.2 Å². The van der Waals surface area contributed by atoms with Crippen LogP contribution in [0.5, 0.6) is 0 Å². The lowest BCUT2D eigenvalue weighted by Crippen LogP contribution is -2.40. The second kappa shape index (κ2) is 6.99. The zero-order valence-corrected chi connectivity index (χ0v) is 16.6. The van der Waals surface area contributed by atoms with Gasteiger partial charge >= 0.3 is 5.69 Å². The fourth-order valence-corrected chi connectivity index (χ4v) is 3.78. The van der Waals surface area contributed by atoms with Crippen molar-refractivity contribution in [3.63, 3.8) is 0 Å². The molecule has 10 nitrogen and oxygen atoms in total. The van der Waals surface area contributed by atoms with E-state index < -0.39 is 11.2 Å². The third-order valence-corrected chi connectivity index (χ3v) is 5.59. The molecule has 0 bridgehead atoms. The summed E-state index contributed by atoms with van der Waals surface area (Å²) in [6, 6.07) is 1.70. The summed E-state index contributed by atoms with van der Waals surface area (Å²) in [5, 5.41) is 16.7. The van der Waals surface area contributed by atoms with Crippen molar-refractivity contribution in [1.29, 1.82) is 5.26 Å². The van der Waals surface area contributed by atoms with Crippen LogP contribution in [0.3, 0.4) is 0 Å². The first-order valence-electron chi connectivity index (χ1n) is 8.87. The average molecular weight is 385 g/mol. The predicted octanol–water partition coefficient (Wildman–Crippen LogP) is -0.371. The van der Waals surface area contributed by atoms with Gasteiger partial charge < -0.3 is 10.2 Å². The van der Waals surface area contributed by atoms with Gasteiger partial charge in [-0.1, -0.05) is 0 Å². The Bertz CT molecular complexity index is 1100. The fraction of sp³-hybridized carbons (Fsp3) is 0.500. The minimum atomic E-state index is -0.646. The normalized spacial score (nSPS) is 19.1. The molecule has 1 amide bonds. The number of rotatable bonds is 4. The third kappa shape index (κ3) is 2.89. The number of aromatic nitrogens is 4. The van der Waals surface area contributed by atoms with Crippen LogP contribution in [0.15, 0.2) is 15.8 Å². The molecule has 1 aliphatic heterocycles. The van der Waals surface area contributed by atoms with E-state index in [0.717, 1.165) is 15.8 Å². The summed E-state index contributed by atoms with van der Waals surface area (Å²) in [7, 11) is 6.44. The Labute approximate surface area is 161 Å². The molecule has 1 saturated heterocycles. The summed E-state index contributed by atoms with van der Waals surface area (Å²) < 4.78 is 3.90. The van der Waals surface area contributed by atoms with Crippen LogP contribution in [-0.4, -0.2) is 43.3 Å². The van der Waals surface area contributed by atoms with Crippen LogP contribution in [0.4, 0.5) is 5.82 Å². The van der Waals surface area contributed by atoms with Crippen molar-refractivity contribution in [1.82, 2.24) is 23.8 Å². The molecule has 3 rings (SSSR count). The van der Waals surface area contributed by atoms with E-state index in [-0.39, 0.29) is 29.2 Å². The summed E-state index contributed by atoms with van der Waals surface area (Å²) in [5.74, 6) is 0.0730. The average Bonchev–Trinajstić information content (AvgIpc) is 3.14. The highest BCUT2D eigenvalue weighted by Crippen LogP contribution is 2.38. The van der Waals surface area contributed by atoms with Gasteiger partial charge in [-0.3, -0.25) is 23.4 Å². The van der Waals surface area contributed by atoms with Crippen molar-refractivity contribution in [3.05, 3.63) is 43.9 Å². The molecular weight excluding hydrogens is 362 g/mol. The highest BCUT2D eigenvalue weighted by atomic mass is 16.2. The molecule has 0 aromatic carbocycles. The largest absolute Gasteiger partial charge is 0.370 e. The molecule has 10 heteroatoms. The van der Waals surface area contributed by atoms with Crippen molar-refractivity contribution in [2.24, 2.45) is 27.1 Å². The Morgan fingerprint density at radius 1 is 1.21 bits per heavy atom. The highest BCUT2D eigenvalue weighted by molar-refractivity contribution is 5.79. The summed E-state index contributed by atoms with van der Waals surface area (Å²) in [4.78, 5) is 38.5. The lowest BCUT2D eigenvalue weighted by Gasteiger charge is -2.26. The number of likely N-dealkylation sites (tertiary alicyclic amines) is 1. The number of anilines is 1. The zero-order valence-electron chi connectivity index (χ0n) is 16.6. The maximum atomic E-state index is 12.4. The van der Waals surface area contributed by atoms with Gasteiger partial charge in [0, 0.05) is 58.3 Å². The van der Waals surface area contributed by atoms with Gasteiger partial charge in [-0.25, -0.2) is 4.79 Å². The maximum absolute atomic E-state index is 12.4. The van der Waals surface area contributed by atoms with Crippen molar-refractivity contribution in [3.8, 4) is 6.07 Å². The van der Waals surface area contributed by atoms with E-state index in [1.807, 2.05) is 20.0 Å². The number of hydrogen-bond donors (Lipinski definition) is 1. The molecule has 2 aromatic heterocycles. The molecular formula is C18H23N7O3. The van der Waals surface area contributed by atoms with Crippen LogP contribution < -0.4 is 16.6 Å². The van der Waals surface area contributed by atoms with Crippen LogP contribution >= 0.6 is 0 Å². The van der Waals surface area contributed by atoms with Gasteiger partial charge in [0.05, 0.1) is 12.2 Å². The molecule has 148 valence electrons. The van der Waals surface area contributed by atoms with Crippen molar-refractivity contribution in [2.75, 3.05) is 18.9 Å². The number of amides is 1. The summed E-state index contributed by atoms with van der Waals surface area (Å²) in [6.45, 7) is 2.27. The molecule has 1 fully saturated rings. The zero-order chi connectivity index (χ0) is 20.7. The Morgan fingerprint density at radius 2 is 1.89 bits per heavy atom. The summed E-state index contributed by atoms with van der Waals surface area (Å²) >= 11 is 0. The number of nitriles is 1. The molecule has 0 radical (unpaired) electrons. The number of nitrogens with zero attached hydrogens (tertiary/aromatic N) is 6. The number of hydrogen-bond acceptors (Lipinski definition) is 6. The van der Waals surface area contributed by atoms with E-state index in [1.54, 1.807) is 22.8 Å². The minimum absolute atomic E-state index is 0.0124. The van der Waals surface area contributed by atoms with Crippen molar-refractivity contribution in [2.45, 2.75) is 19.4 Å². The lowest BCUT2D eigenvalue weighted by atomic mass is 9.94. The van der Waals surface area contributed by atoms with Crippen molar-refractivity contribution >= 4 is 11.7 Å². The number of carbonyl (C=O) groups is 1. The fourth-order valence-electron chi connectivity index (χ4n) is 3.78. The molecule has 0 spiro atoms. The van der Waals surface area contributed by atoms with Crippen molar-refractivity contribution < 1.29 is 4.79 Å². The quantitative estimate of drug-likeness (QED) is 0.767. The van der Waals surface area contributed by atoms with Crippen LogP contribution in [0.2, 0.25) is 0 Å². The number of nitrogens with one attached hydrogen (secondary N) is 1. The van der Waals surface area contributed by atoms with E-state index in [2.05, 4.69) is 10.4 Å². The monoisotopic (exact) mass is 385 g/mol. The molecule has 0 aliphatic carbocycles. The van der Waals surface area contributed by atoms with Gasteiger partial charge in [0.2, 0.25) is 5.91 Å². The van der Waals surface area contributed by atoms with Crippen LogP contribution in [-0.2, 0) is 25.9 Å². The maximum Gasteiger partial charge on any atom is 0.332 e. The van der Waals surface area contributed by atoms with E-state index in [4.69, 9.17) is 0 Å². The lowest BCUT2D eigenvalue weighted by molar-refractivity contribution is -0.127. The van der Waals surface area contributed by atoms with Gasteiger partial charge in [0.25, 0.3) is 5.56 Å². The van der Waals surface area contributed by atoms with Gasteiger partial charge in [-0.05, 0) is 6.92 Å². The molecule has 1 N–H and O–H groups in total. The first-order valence-corrected chi connectivity index (χ1v) is 8.87. The van der Waals surface area contributed by atoms with Crippen LogP contribution in [0.25, 0.3) is 0 Å². The van der Waals surface area contributed by atoms with E-state index in [1.165, 1.54) is 18.7 Å². The highest BCUT2D eigenvalue weighted by Gasteiger charge is 2.40. The third-order valence-electron chi connectivity index (χ3n) is 5.59. The second-order valence-corrected chi connectivity index (χ2v) is 7.14. The molecule has 0 unspecified atom stereocenters. The molecule has 2 aromatic rings. The van der Waals surface area contributed by atoms with E-state index in [0.29, 0.717) is 13.0 Å². The van der Waals surface area contributed by atoms with Crippen LogP contribution in [0.1, 0.15) is 29.3 Å². The Kier molecular flexibility index (Phi) is 4.85.